The van der Waals surface area contributed by atoms with E-state index in [4.69, 9.17) is 0 Å². The molecule has 1 aliphatic rings. The number of amidine groups is 1. The lowest BCUT2D eigenvalue weighted by atomic mass is 10.1. The van der Waals surface area contributed by atoms with Crippen LogP contribution < -0.4 is 19.9 Å². The average molecular weight is 399 g/mol. The summed E-state index contributed by atoms with van der Waals surface area (Å²) in [5.74, 6) is 0.479. The first-order valence-corrected chi connectivity index (χ1v) is 9.81. The number of carbonyl (C=O) groups is 1. The van der Waals surface area contributed by atoms with Crippen LogP contribution in [-0.2, 0) is 0 Å². The van der Waals surface area contributed by atoms with Gasteiger partial charge in [0, 0.05) is 5.56 Å². The molecule has 0 saturated heterocycles. The van der Waals surface area contributed by atoms with Crippen LogP contribution in [0.25, 0.3) is 0 Å². The third-order valence-corrected chi connectivity index (χ3v) is 4.93. The molecule has 0 N–H and O–H groups in total. The molecular weight excluding hydrogens is 374 g/mol. The van der Waals surface area contributed by atoms with E-state index in [1.807, 2.05) is 73.7 Å². The van der Waals surface area contributed by atoms with Crippen LogP contribution in [0, 0.1) is 6.92 Å². The van der Waals surface area contributed by atoms with E-state index >= 15 is 0 Å². The molecule has 0 aliphatic carbocycles. The van der Waals surface area contributed by atoms with Crippen LogP contribution in [0.5, 0.6) is 0 Å². The van der Waals surface area contributed by atoms with Crippen molar-refractivity contribution >= 4 is 28.9 Å². The number of hydrazone groups is 1. The fourth-order valence-electron chi connectivity index (χ4n) is 3.15. The third kappa shape index (κ3) is 3.90. The number of aryl methyl sites for hydroxylation is 1. The minimum atomic E-state index is -0.322. The molecule has 151 valence electrons. The number of quaternary nitrogens is 1. The van der Waals surface area contributed by atoms with E-state index in [-0.39, 0.29) is 6.03 Å². The molecule has 1 heterocycles. The first kappa shape index (κ1) is 19.7. The Labute approximate surface area is 177 Å². The lowest BCUT2D eigenvalue weighted by Gasteiger charge is -2.32. The minimum Gasteiger partial charge on any atom is -0.298 e. The van der Waals surface area contributed by atoms with E-state index in [2.05, 4.69) is 43.8 Å². The quantitative estimate of drug-likeness (QED) is 0.595. The van der Waals surface area contributed by atoms with Gasteiger partial charge >= 0.3 is 6.03 Å². The summed E-state index contributed by atoms with van der Waals surface area (Å²) in [6.45, 7) is 2.01. The van der Waals surface area contributed by atoms with Gasteiger partial charge in [0.2, 0.25) is 5.84 Å². The van der Waals surface area contributed by atoms with E-state index in [1.165, 1.54) is 15.7 Å². The van der Waals surface area contributed by atoms with Gasteiger partial charge < -0.3 is 0 Å². The number of amides is 2. The van der Waals surface area contributed by atoms with Crippen molar-refractivity contribution in [1.82, 2.24) is 9.91 Å². The summed E-state index contributed by atoms with van der Waals surface area (Å²) in [5.41, 5.74) is 9.09. The average Bonchev–Trinajstić information content (AvgIpc) is 2.75. The Balaban J connectivity index is 1.76. The first-order chi connectivity index (χ1) is 14.3. The van der Waals surface area contributed by atoms with Gasteiger partial charge in [-0.15, -0.1) is 10.5 Å². The summed E-state index contributed by atoms with van der Waals surface area (Å²) < 4.78 is 0.716. The van der Waals surface area contributed by atoms with E-state index in [9.17, 15) is 4.79 Å². The Hall–Kier alpha value is -3.64. The molecule has 0 aromatic heterocycles. The molecule has 1 radical (unpaired) electrons. The van der Waals surface area contributed by atoms with E-state index < -0.39 is 0 Å². The zero-order valence-electron chi connectivity index (χ0n) is 17.6. The highest BCUT2D eigenvalue weighted by Gasteiger charge is 2.32. The molecule has 0 saturated carbocycles. The normalized spacial score (nSPS) is 14.4. The Morgan fingerprint density at radius 3 is 1.93 bits per heavy atom. The van der Waals surface area contributed by atoms with Crippen molar-refractivity contribution in [1.29, 1.82) is 0 Å². The molecule has 0 atom stereocenters. The summed E-state index contributed by atoms with van der Waals surface area (Å²) in [4.78, 5) is 13.2. The molecule has 4 rings (SSSR count). The predicted octanol–water partition coefficient (Wildman–Crippen LogP) is 4.52. The SMILES string of the molecule is Cc1ccc(N2N=C(c3ccc([N+](C)(C)C)cc3)[N]N(c3ccccc3)C2=O)cc1. The topological polar surface area (TPSA) is 50.0 Å². The maximum atomic E-state index is 13.2. The molecule has 6 heteroatoms. The van der Waals surface area contributed by atoms with Crippen molar-refractivity contribution in [3.8, 4) is 0 Å². The van der Waals surface area contributed by atoms with Gasteiger partial charge in [-0.05, 0) is 55.5 Å². The van der Waals surface area contributed by atoms with Crippen molar-refractivity contribution < 1.29 is 4.79 Å². The largest absolute Gasteiger partial charge is 0.370 e. The Morgan fingerprint density at radius 2 is 1.33 bits per heavy atom. The summed E-state index contributed by atoms with van der Waals surface area (Å²) in [6.07, 6.45) is 0. The van der Waals surface area contributed by atoms with Gasteiger partial charge in [0.25, 0.3) is 0 Å². The monoisotopic (exact) mass is 399 g/mol. The van der Waals surface area contributed by atoms with Gasteiger partial charge in [-0.25, -0.2) is 4.79 Å². The zero-order chi connectivity index (χ0) is 21.3. The molecule has 0 spiro atoms. The number of carbonyl (C=O) groups excluding carboxylic acids is 1. The van der Waals surface area contributed by atoms with Crippen molar-refractivity contribution in [2.45, 2.75) is 6.92 Å². The molecule has 1 aliphatic heterocycles. The highest BCUT2D eigenvalue weighted by molar-refractivity contribution is 6.12. The fraction of sp³-hybridized carbons (Fsp3) is 0.167. The number of nitrogens with zero attached hydrogens (tertiary/aromatic N) is 5. The highest BCUT2D eigenvalue weighted by atomic mass is 16.2. The first-order valence-electron chi connectivity index (χ1n) is 9.81. The number of hydrogen-bond acceptors (Lipinski definition) is 2. The minimum absolute atomic E-state index is 0.322. The number of anilines is 2. The van der Waals surface area contributed by atoms with Crippen LogP contribution in [0.3, 0.4) is 0 Å². The van der Waals surface area contributed by atoms with Gasteiger partial charge in [0.15, 0.2) is 0 Å². The smallest absolute Gasteiger partial charge is 0.298 e. The van der Waals surface area contributed by atoms with Crippen LogP contribution in [0.15, 0.2) is 84.0 Å². The molecule has 6 nitrogen and oxygen atoms in total. The molecule has 0 fully saturated rings. The predicted molar refractivity (Wildman–Crippen MR) is 123 cm³/mol. The van der Waals surface area contributed by atoms with E-state index in [1.54, 1.807) is 0 Å². The second-order valence-electron chi connectivity index (χ2n) is 8.16. The van der Waals surface area contributed by atoms with Crippen LogP contribution in [0.2, 0.25) is 0 Å². The van der Waals surface area contributed by atoms with Gasteiger partial charge in [0.1, 0.15) is 5.69 Å². The highest BCUT2D eigenvalue weighted by Crippen LogP contribution is 2.25. The summed E-state index contributed by atoms with van der Waals surface area (Å²) in [5, 5.41) is 7.39. The Kier molecular flexibility index (Phi) is 5.01. The Morgan fingerprint density at radius 1 is 0.733 bits per heavy atom. The van der Waals surface area contributed by atoms with Crippen LogP contribution in [0.4, 0.5) is 21.9 Å². The molecule has 3 aromatic carbocycles. The number of urea groups is 1. The maximum Gasteiger partial charge on any atom is 0.370 e. The van der Waals surface area contributed by atoms with E-state index in [0.29, 0.717) is 21.7 Å². The zero-order valence-corrected chi connectivity index (χ0v) is 17.6. The summed E-state index contributed by atoms with van der Waals surface area (Å²) in [7, 11) is 6.35. The Bertz CT molecular complexity index is 1070. The van der Waals surface area contributed by atoms with Crippen molar-refractivity contribution in [3.63, 3.8) is 0 Å². The maximum absolute atomic E-state index is 13.2. The van der Waals surface area contributed by atoms with Gasteiger partial charge in [-0.2, -0.15) is 10.0 Å². The summed E-state index contributed by atoms with van der Waals surface area (Å²) in [6, 6.07) is 24.9. The van der Waals surface area contributed by atoms with Gasteiger partial charge in [-0.3, -0.25) is 4.48 Å². The van der Waals surface area contributed by atoms with Gasteiger partial charge in [0.05, 0.1) is 32.5 Å². The molecule has 0 unspecified atom stereocenters. The third-order valence-electron chi connectivity index (χ3n) is 4.93. The fourth-order valence-corrected chi connectivity index (χ4v) is 3.15. The van der Waals surface area contributed by atoms with Crippen molar-refractivity contribution in [2.75, 3.05) is 31.2 Å². The lowest BCUT2D eigenvalue weighted by molar-refractivity contribution is 0.249. The number of hydrogen-bond donors (Lipinski definition) is 0. The number of para-hydroxylation sites is 1. The van der Waals surface area contributed by atoms with E-state index in [0.717, 1.165) is 11.1 Å². The standard InChI is InChI=1S/C24H25N5O/c1-18-10-14-21(15-11-18)28-24(30)27(20-8-6-5-7-9-20)25-23(26-28)19-12-16-22(17-13-19)29(2,3)4/h5-17H,1-4H3/q+1. The van der Waals surface area contributed by atoms with Crippen LogP contribution in [-0.4, -0.2) is 33.0 Å². The molecule has 0 bridgehead atoms. The second kappa shape index (κ2) is 7.65. The van der Waals surface area contributed by atoms with Crippen molar-refractivity contribution in [2.24, 2.45) is 5.10 Å². The second-order valence-corrected chi connectivity index (χ2v) is 8.16. The lowest BCUT2D eigenvalue weighted by Crippen LogP contribution is -2.52. The summed E-state index contributed by atoms with van der Waals surface area (Å²) >= 11 is 0. The van der Waals surface area contributed by atoms with Crippen molar-refractivity contribution in [3.05, 3.63) is 90.0 Å². The van der Waals surface area contributed by atoms with Crippen LogP contribution >= 0.6 is 0 Å². The van der Waals surface area contributed by atoms with Gasteiger partial charge in [-0.1, -0.05) is 35.9 Å². The number of rotatable bonds is 4. The molecule has 3 aromatic rings. The van der Waals surface area contributed by atoms with Crippen LogP contribution in [0.1, 0.15) is 11.1 Å². The molecular formula is C24H25N5O+. The molecule has 2 amide bonds. The number of benzene rings is 3. The molecule has 30 heavy (non-hydrogen) atoms.